The lowest BCUT2D eigenvalue weighted by Gasteiger charge is -2.39. The zero-order chi connectivity index (χ0) is 17.9. The Morgan fingerprint density at radius 1 is 1.32 bits per heavy atom. The fourth-order valence-electron chi connectivity index (χ4n) is 4.18. The lowest BCUT2D eigenvalue weighted by Crippen LogP contribution is -2.42. The molecule has 0 unspecified atom stereocenters. The number of carbonyl (C=O) groups excluding carboxylic acids is 1. The fourth-order valence-corrected chi connectivity index (χ4v) is 4.53. The molecule has 0 amide bonds. The van der Waals surface area contributed by atoms with Gasteiger partial charge in [0.15, 0.2) is 0 Å². The van der Waals surface area contributed by atoms with Crippen LogP contribution in [-0.4, -0.2) is 43.2 Å². The molecule has 0 N–H and O–H groups in total. The van der Waals surface area contributed by atoms with Crippen LogP contribution in [0.3, 0.4) is 0 Å². The first-order chi connectivity index (χ1) is 12.0. The molecule has 25 heavy (non-hydrogen) atoms. The van der Waals surface area contributed by atoms with Gasteiger partial charge in [-0.1, -0.05) is 22.0 Å². The lowest BCUT2D eigenvalue weighted by molar-refractivity contribution is -0.145. The number of piperidine rings is 1. The van der Waals surface area contributed by atoms with E-state index in [9.17, 15) is 4.79 Å². The summed E-state index contributed by atoms with van der Waals surface area (Å²) in [5.74, 6) is 0.896. The standard InChI is InChI=1S/C20H28BrNO3/c1-3-24-19(23)14-22-11-9-20(10-12-22)8-7-16(13-20)25-18-6-4-5-17(21)15(18)2/h4-6,16H,3,7-14H2,1-2H3/t16-/m0/s1. The summed E-state index contributed by atoms with van der Waals surface area (Å²) in [5, 5.41) is 0. The predicted octanol–water partition coefficient (Wildman–Crippen LogP) is 4.33. The third-order valence-corrected chi connectivity index (χ3v) is 6.60. The third-order valence-electron chi connectivity index (χ3n) is 5.74. The van der Waals surface area contributed by atoms with Crippen LogP contribution in [0.5, 0.6) is 5.75 Å². The number of halogens is 1. The Hall–Kier alpha value is -1.07. The molecule has 1 heterocycles. The molecule has 0 radical (unpaired) electrons. The molecule has 1 aliphatic carbocycles. The van der Waals surface area contributed by atoms with Crippen molar-refractivity contribution in [3.8, 4) is 5.75 Å². The van der Waals surface area contributed by atoms with Crippen molar-refractivity contribution in [3.05, 3.63) is 28.2 Å². The van der Waals surface area contributed by atoms with Crippen LogP contribution in [0.25, 0.3) is 0 Å². The van der Waals surface area contributed by atoms with Crippen molar-refractivity contribution in [3.63, 3.8) is 0 Å². The molecule has 1 atom stereocenters. The number of likely N-dealkylation sites (tertiary alicyclic amines) is 1. The maximum Gasteiger partial charge on any atom is 0.320 e. The maximum absolute atomic E-state index is 11.7. The van der Waals surface area contributed by atoms with Crippen LogP contribution < -0.4 is 4.74 Å². The average molecular weight is 410 g/mol. The molecular weight excluding hydrogens is 382 g/mol. The van der Waals surface area contributed by atoms with Gasteiger partial charge in [-0.05, 0) is 76.6 Å². The zero-order valence-electron chi connectivity index (χ0n) is 15.2. The summed E-state index contributed by atoms with van der Waals surface area (Å²) in [7, 11) is 0. The second-order valence-corrected chi connectivity index (χ2v) is 8.28. The zero-order valence-corrected chi connectivity index (χ0v) is 16.8. The minimum Gasteiger partial charge on any atom is -0.490 e. The van der Waals surface area contributed by atoms with E-state index in [2.05, 4.69) is 39.9 Å². The molecule has 1 saturated carbocycles. The average Bonchev–Trinajstić information content (AvgIpc) is 2.97. The van der Waals surface area contributed by atoms with Gasteiger partial charge in [0.2, 0.25) is 0 Å². The van der Waals surface area contributed by atoms with Gasteiger partial charge in [0, 0.05) is 10.0 Å². The number of rotatable bonds is 5. The molecule has 0 bridgehead atoms. The Bertz CT molecular complexity index is 611. The normalized spacial score (nSPS) is 22.9. The molecule has 2 aliphatic rings. The molecule has 1 aromatic rings. The first kappa shape index (κ1) is 18.7. The van der Waals surface area contributed by atoms with E-state index >= 15 is 0 Å². The largest absolute Gasteiger partial charge is 0.490 e. The van der Waals surface area contributed by atoms with E-state index in [1.165, 1.54) is 12.0 Å². The summed E-state index contributed by atoms with van der Waals surface area (Å²) in [6, 6.07) is 6.15. The van der Waals surface area contributed by atoms with Crippen LogP contribution in [0, 0.1) is 12.3 Å². The van der Waals surface area contributed by atoms with Crippen molar-refractivity contribution in [1.82, 2.24) is 4.90 Å². The molecule has 1 aliphatic heterocycles. The Kier molecular flexibility index (Phi) is 6.05. The van der Waals surface area contributed by atoms with E-state index in [-0.39, 0.29) is 5.97 Å². The number of nitrogens with zero attached hydrogens (tertiary/aromatic N) is 1. The summed E-state index contributed by atoms with van der Waals surface area (Å²) in [4.78, 5) is 13.9. The summed E-state index contributed by atoms with van der Waals surface area (Å²) >= 11 is 3.58. The third kappa shape index (κ3) is 4.56. The van der Waals surface area contributed by atoms with Gasteiger partial charge in [-0.25, -0.2) is 0 Å². The van der Waals surface area contributed by atoms with E-state index in [0.29, 0.717) is 24.7 Å². The molecule has 1 spiro atoms. The highest BCUT2D eigenvalue weighted by atomic mass is 79.9. The van der Waals surface area contributed by atoms with Gasteiger partial charge < -0.3 is 9.47 Å². The predicted molar refractivity (Wildman–Crippen MR) is 102 cm³/mol. The van der Waals surface area contributed by atoms with Crippen LogP contribution in [0.1, 0.15) is 44.6 Å². The van der Waals surface area contributed by atoms with Crippen molar-refractivity contribution in [2.24, 2.45) is 5.41 Å². The van der Waals surface area contributed by atoms with Gasteiger partial charge in [0.25, 0.3) is 0 Å². The molecule has 3 rings (SSSR count). The minimum absolute atomic E-state index is 0.101. The number of hydrogen-bond acceptors (Lipinski definition) is 4. The van der Waals surface area contributed by atoms with Crippen LogP contribution in [-0.2, 0) is 9.53 Å². The molecule has 1 aromatic carbocycles. The molecule has 138 valence electrons. The van der Waals surface area contributed by atoms with Crippen molar-refractivity contribution in [2.45, 2.75) is 52.1 Å². The topological polar surface area (TPSA) is 38.8 Å². The monoisotopic (exact) mass is 409 g/mol. The highest BCUT2D eigenvalue weighted by Gasteiger charge is 2.42. The van der Waals surface area contributed by atoms with Crippen LogP contribution >= 0.6 is 15.9 Å². The lowest BCUT2D eigenvalue weighted by atomic mass is 9.77. The van der Waals surface area contributed by atoms with Crippen molar-refractivity contribution in [2.75, 3.05) is 26.2 Å². The molecule has 5 heteroatoms. The van der Waals surface area contributed by atoms with Gasteiger partial charge in [0.05, 0.1) is 19.3 Å². The highest BCUT2D eigenvalue weighted by molar-refractivity contribution is 9.10. The Balaban J connectivity index is 1.51. The van der Waals surface area contributed by atoms with Crippen LogP contribution in [0.2, 0.25) is 0 Å². The van der Waals surface area contributed by atoms with E-state index < -0.39 is 0 Å². The van der Waals surface area contributed by atoms with E-state index in [1.807, 2.05) is 13.0 Å². The van der Waals surface area contributed by atoms with Crippen LogP contribution in [0.15, 0.2) is 22.7 Å². The highest BCUT2D eigenvalue weighted by Crippen LogP contribution is 2.47. The first-order valence-corrected chi connectivity index (χ1v) is 10.1. The smallest absolute Gasteiger partial charge is 0.320 e. The van der Waals surface area contributed by atoms with Gasteiger partial charge in [0.1, 0.15) is 5.75 Å². The number of esters is 1. The molecule has 4 nitrogen and oxygen atoms in total. The number of ether oxygens (including phenoxy) is 2. The van der Waals surface area contributed by atoms with Crippen molar-refractivity contribution in [1.29, 1.82) is 0 Å². The maximum atomic E-state index is 11.7. The first-order valence-electron chi connectivity index (χ1n) is 9.31. The molecule has 1 saturated heterocycles. The summed E-state index contributed by atoms with van der Waals surface area (Å²) in [6.07, 6.45) is 6.12. The minimum atomic E-state index is -0.101. The van der Waals surface area contributed by atoms with Crippen molar-refractivity contribution < 1.29 is 14.3 Å². The van der Waals surface area contributed by atoms with Gasteiger partial charge in [-0.15, -0.1) is 0 Å². The van der Waals surface area contributed by atoms with E-state index in [1.54, 1.807) is 0 Å². The van der Waals surface area contributed by atoms with E-state index in [0.717, 1.165) is 49.0 Å². The SMILES string of the molecule is CCOC(=O)CN1CCC2(CC[C@H](Oc3cccc(Br)c3C)C2)CC1. The molecule has 0 aromatic heterocycles. The molecule has 2 fully saturated rings. The number of benzene rings is 1. The Morgan fingerprint density at radius 2 is 2.08 bits per heavy atom. The molecular formula is C20H28BrNO3. The van der Waals surface area contributed by atoms with E-state index in [4.69, 9.17) is 9.47 Å². The number of hydrogen-bond donors (Lipinski definition) is 0. The van der Waals surface area contributed by atoms with Gasteiger partial charge in [-0.3, -0.25) is 9.69 Å². The van der Waals surface area contributed by atoms with Gasteiger partial charge >= 0.3 is 5.97 Å². The van der Waals surface area contributed by atoms with Gasteiger partial charge in [-0.2, -0.15) is 0 Å². The summed E-state index contributed by atoms with van der Waals surface area (Å²) < 4.78 is 12.5. The fraction of sp³-hybridized carbons (Fsp3) is 0.650. The Labute approximate surface area is 159 Å². The number of carbonyl (C=O) groups is 1. The van der Waals surface area contributed by atoms with Crippen LogP contribution in [0.4, 0.5) is 0 Å². The summed E-state index contributed by atoms with van der Waals surface area (Å²) in [6.45, 7) is 6.82. The summed E-state index contributed by atoms with van der Waals surface area (Å²) in [5.41, 5.74) is 1.57. The van der Waals surface area contributed by atoms with Crippen molar-refractivity contribution >= 4 is 21.9 Å². The second kappa shape index (κ2) is 8.09. The Morgan fingerprint density at radius 3 is 2.80 bits per heavy atom. The second-order valence-electron chi connectivity index (χ2n) is 7.43. The quantitative estimate of drug-likeness (QED) is 0.678.